The fourth-order valence-electron chi connectivity index (χ4n) is 2.73. The van der Waals surface area contributed by atoms with Gasteiger partial charge in [-0.3, -0.25) is 14.4 Å². The van der Waals surface area contributed by atoms with Gasteiger partial charge in [-0.1, -0.05) is 21.6 Å². The van der Waals surface area contributed by atoms with E-state index in [0.717, 1.165) is 0 Å². The first-order valence-electron chi connectivity index (χ1n) is 8.72. The van der Waals surface area contributed by atoms with Crippen LogP contribution in [0.25, 0.3) is 0 Å². The summed E-state index contributed by atoms with van der Waals surface area (Å²) in [6.07, 6.45) is 0.278. The van der Waals surface area contributed by atoms with E-state index >= 15 is 0 Å². The summed E-state index contributed by atoms with van der Waals surface area (Å²) in [4.78, 5) is 36.8. The Morgan fingerprint density at radius 2 is 2.00 bits per heavy atom. The number of nitrogens with zero attached hydrogens (tertiary/aromatic N) is 1. The van der Waals surface area contributed by atoms with Crippen molar-refractivity contribution < 1.29 is 29.0 Å². The van der Waals surface area contributed by atoms with Gasteiger partial charge in [-0.05, 0) is 12.1 Å². The van der Waals surface area contributed by atoms with E-state index in [0.29, 0.717) is 41.8 Å². The van der Waals surface area contributed by atoms with Crippen LogP contribution in [0.2, 0.25) is 0 Å². The molecule has 2 N–H and O–H groups in total. The van der Waals surface area contributed by atoms with Gasteiger partial charge < -0.3 is 24.8 Å². The highest BCUT2D eigenvalue weighted by Crippen LogP contribution is 2.35. The summed E-state index contributed by atoms with van der Waals surface area (Å²) in [6.45, 7) is 0.772. The van der Waals surface area contributed by atoms with Gasteiger partial charge >= 0.3 is 5.97 Å². The fourth-order valence-corrected chi connectivity index (χ4v) is 4.62. The lowest BCUT2D eigenvalue weighted by Gasteiger charge is -2.20. The number of hydrogen-bond acceptors (Lipinski definition) is 7. The Bertz CT molecular complexity index is 715. The summed E-state index contributed by atoms with van der Waals surface area (Å²) in [5, 5.41) is 11.4. The zero-order chi connectivity index (χ0) is 20.5. The number of ether oxygens (including phenoxy) is 2. The molecule has 28 heavy (non-hydrogen) atoms. The Kier molecular flexibility index (Phi) is 8.78. The zero-order valence-electron chi connectivity index (χ0n) is 15.8. The number of carboxylic acids is 1. The normalized spacial score (nSPS) is 16.1. The van der Waals surface area contributed by atoms with E-state index in [2.05, 4.69) is 5.32 Å². The number of hydrogen-bond donors (Lipinski definition) is 2. The highest BCUT2D eigenvalue weighted by molar-refractivity contribution is 8.76. The number of benzene rings is 1. The van der Waals surface area contributed by atoms with E-state index in [1.54, 1.807) is 30.2 Å². The van der Waals surface area contributed by atoms with Crippen LogP contribution in [-0.2, 0) is 14.4 Å². The van der Waals surface area contributed by atoms with E-state index < -0.39 is 11.9 Å². The van der Waals surface area contributed by atoms with Crippen LogP contribution in [-0.4, -0.2) is 61.7 Å². The first kappa shape index (κ1) is 22.2. The van der Waals surface area contributed by atoms with Crippen molar-refractivity contribution in [3.63, 3.8) is 0 Å². The van der Waals surface area contributed by atoms with Crippen LogP contribution in [0.3, 0.4) is 0 Å². The lowest BCUT2D eigenvalue weighted by atomic mass is 10.1. The molecular formula is C18H24N2O6S2. The van der Waals surface area contributed by atoms with Gasteiger partial charge in [-0.25, -0.2) is 0 Å². The molecule has 1 aromatic carbocycles. The number of rotatable bonds is 11. The van der Waals surface area contributed by atoms with Crippen LogP contribution in [0, 0.1) is 5.92 Å². The fraction of sp³-hybridized carbons (Fsp3) is 0.500. The van der Waals surface area contributed by atoms with E-state index in [9.17, 15) is 14.4 Å². The summed E-state index contributed by atoms with van der Waals surface area (Å²) in [5.41, 5.74) is 0.619. The third-order valence-corrected chi connectivity index (χ3v) is 6.55. The molecule has 0 spiro atoms. The smallest absolute Gasteiger partial charge is 0.304 e. The zero-order valence-corrected chi connectivity index (χ0v) is 17.4. The molecule has 1 unspecified atom stereocenters. The Morgan fingerprint density at radius 1 is 1.25 bits per heavy atom. The molecule has 2 amide bonds. The number of amides is 2. The Labute approximate surface area is 171 Å². The van der Waals surface area contributed by atoms with Crippen LogP contribution < -0.4 is 19.7 Å². The van der Waals surface area contributed by atoms with E-state index in [1.807, 2.05) is 0 Å². The molecule has 1 aliphatic heterocycles. The van der Waals surface area contributed by atoms with E-state index in [4.69, 9.17) is 14.6 Å². The minimum atomic E-state index is -0.814. The second kappa shape index (κ2) is 11.1. The van der Waals surface area contributed by atoms with Crippen LogP contribution in [0.5, 0.6) is 11.5 Å². The number of carboxylic acid groups (broad SMARTS) is 1. The lowest BCUT2D eigenvalue weighted by Crippen LogP contribution is -2.34. The first-order valence-corrected chi connectivity index (χ1v) is 11.2. The molecule has 8 nitrogen and oxygen atoms in total. The van der Waals surface area contributed by atoms with Crippen molar-refractivity contribution in [2.45, 2.75) is 12.8 Å². The Morgan fingerprint density at radius 3 is 2.68 bits per heavy atom. The molecule has 1 fully saturated rings. The van der Waals surface area contributed by atoms with Crippen molar-refractivity contribution >= 4 is 45.1 Å². The number of methoxy groups -OCH3 is 2. The molecule has 0 aliphatic carbocycles. The number of carbonyl (C=O) groups excluding carboxylic acids is 2. The highest BCUT2D eigenvalue weighted by atomic mass is 33.1. The quantitative estimate of drug-likeness (QED) is 0.407. The van der Waals surface area contributed by atoms with E-state index in [1.165, 1.54) is 28.7 Å². The number of anilines is 1. The van der Waals surface area contributed by atoms with Crippen molar-refractivity contribution in [1.29, 1.82) is 0 Å². The average molecular weight is 429 g/mol. The van der Waals surface area contributed by atoms with Gasteiger partial charge in [0.05, 0.1) is 32.2 Å². The van der Waals surface area contributed by atoms with Gasteiger partial charge in [0.15, 0.2) is 0 Å². The third-order valence-electron chi connectivity index (χ3n) is 4.14. The molecule has 1 heterocycles. The predicted octanol–water partition coefficient (Wildman–Crippen LogP) is 2.03. The molecular weight excluding hydrogens is 404 g/mol. The largest absolute Gasteiger partial charge is 0.497 e. The number of carbonyl (C=O) groups is 3. The molecule has 0 bridgehead atoms. The Hall–Kier alpha value is -2.07. The maximum absolute atomic E-state index is 12.4. The van der Waals surface area contributed by atoms with Gasteiger partial charge in [0.25, 0.3) is 0 Å². The minimum Gasteiger partial charge on any atom is -0.497 e. The average Bonchev–Trinajstić information content (AvgIpc) is 3.07. The molecule has 1 aliphatic rings. The second-order valence-electron chi connectivity index (χ2n) is 6.02. The van der Waals surface area contributed by atoms with Crippen LogP contribution in [0.1, 0.15) is 12.8 Å². The topological polar surface area (TPSA) is 105 Å². The summed E-state index contributed by atoms with van der Waals surface area (Å²) >= 11 is 0. The summed E-state index contributed by atoms with van der Waals surface area (Å²) in [6, 6.07) is 5.20. The third kappa shape index (κ3) is 6.23. The number of nitrogens with one attached hydrogen (secondary N) is 1. The first-order chi connectivity index (χ1) is 13.5. The summed E-state index contributed by atoms with van der Waals surface area (Å²) in [5.74, 6) is 0.844. The monoisotopic (exact) mass is 428 g/mol. The molecule has 154 valence electrons. The maximum atomic E-state index is 12.4. The van der Waals surface area contributed by atoms with Crippen molar-refractivity contribution in [2.75, 3.05) is 43.7 Å². The minimum absolute atomic E-state index is 0.123. The van der Waals surface area contributed by atoms with Crippen molar-refractivity contribution in [3.8, 4) is 11.5 Å². The number of aliphatic carboxylic acids is 1. The maximum Gasteiger partial charge on any atom is 0.304 e. The van der Waals surface area contributed by atoms with Crippen molar-refractivity contribution in [3.05, 3.63) is 18.2 Å². The molecule has 1 atom stereocenters. The SMILES string of the molecule is COc1ccc(N2CC(C(=O)NCCSSCCC(=O)O)CC2=O)c(OC)c1. The van der Waals surface area contributed by atoms with Crippen LogP contribution in [0.4, 0.5) is 5.69 Å². The van der Waals surface area contributed by atoms with Gasteiger partial charge in [-0.15, -0.1) is 0 Å². The molecule has 0 saturated carbocycles. The van der Waals surface area contributed by atoms with Crippen molar-refractivity contribution in [2.24, 2.45) is 5.92 Å². The van der Waals surface area contributed by atoms with Gasteiger partial charge in [0, 0.05) is 37.1 Å². The van der Waals surface area contributed by atoms with Gasteiger partial charge in [0.2, 0.25) is 11.8 Å². The predicted molar refractivity (Wildman–Crippen MR) is 110 cm³/mol. The van der Waals surface area contributed by atoms with E-state index in [-0.39, 0.29) is 24.7 Å². The molecule has 0 aromatic heterocycles. The molecule has 1 saturated heterocycles. The van der Waals surface area contributed by atoms with Gasteiger partial charge in [0.1, 0.15) is 11.5 Å². The molecule has 1 aromatic rings. The highest BCUT2D eigenvalue weighted by Gasteiger charge is 2.36. The van der Waals surface area contributed by atoms with Crippen LogP contribution in [0.15, 0.2) is 18.2 Å². The Balaban J connectivity index is 1.82. The lowest BCUT2D eigenvalue weighted by molar-refractivity contribution is -0.136. The summed E-state index contributed by atoms with van der Waals surface area (Å²) in [7, 11) is 6.06. The molecule has 2 rings (SSSR count). The molecule has 10 heteroatoms. The standard InChI is InChI=1S/C18H24N2O6S2/c1-25-13-3-4-14(15(10-13)26-2)20-11-12(9-16(20)21)18(24)19-6-8-28-27-7-5-17(22)23/h3-4,10,12H,5-9,11H2,1-2H3,(H,19,24)(H,22,23). The second-order valence-corrected chi connectivity index (χ2v) is 8.72. The summed E-state index contributed by atoms with van der Waals surface area (Å²) < 4.78 is 10.5. The van der Waals surface area contributed by atoms with Gasteiger partial charge in [-0.2, -0.15) is 0 Å². The molecule has 0 radical (unpaired) electrons. The van der Waals surface area contributed by atoms with Crippen LogP contribution >= 0.6 is 21.6 Å². The van der Waals surface area contributed by atoms with Crippen molar-refractivity contribution in [1.82, 2.24) is 5.32 Å².